The van der Waals surface area contributed by atoms with Crippen LogP contribution in [0.3, 0.4) is 0 Å². The van der Waals surface area contributed by atoms with Crippen LogP contribution in [0, 0.1) is 0 Å². The molecule has 0 aliphatic rings. The van der Waals surface area contributed by atoms with Gasteiger partial charge in [0.1, 0.15) is 5.69 Å². The SMILES string of the molecule is O=C(NCc1ccccc1)c1cc(NCCCc2ccccc2)ccn1. The lowest BCUT2D eigenvalue weighted by molar-refractivity contribution is 0.0946. The molecule has 1 amide bonds. The van der Waals surface area contributed by atoms with Crippen LogP contribution in [0.5, 0.6) is 0 Å². The van der Waals surface area contributed by atoms with E-state index in [4.69, 9.17) is 0 Å². The highest BCUT2D eigenvalue weighted by molar-refractivity contribution is 5.93. The highest BCUT2D eigenvalue weighted by atomic mass is 16.1. The second-order valence-corrected chi connectivity index (χ2v) is 6.11. The van der Waals surface area contributed by atoms with E-state index < -0.39 is 0 Å². The molecular weight excluding hydrogens is 322 g/mol. The molecular formula is C22H23N3O. The van der Waals surface area contributed by atoms with Crippen molar-refractivity contribution in [3.63, 3.8) is 0 Å². The zero-order valence-electron chi connectivity index (χ0n) is 14.7. The number of aromatic nitrogens is 1. The molecule has 0 bridgehead atoms. The molecule has 2 aromatic carbocycles. The van der Waals surface area contributed by atoms with Crippen molar-refractivity contribution in [2.45, 2.75) is 19.4 Å². The van der Waals surface area contributed by atoms with Crippen molar-refractivity contribution in [3.05, 3.63) is 95.8 Å². The lowest BCUT2D eigenvalue weighted by Gasteiger charge is -2.09. The summed E-state index contributed by atoms with van der Waals surface area (Å²) in [4.78, 5) is 16.5. The van der Waals surface area contributed by atoms with Crippen LogP contribution in [0.2, 0.25) is 0 Å². The van der Waals surface area contributed by atoms with Crippen LogP contribution < -0.4 is 10.6 Å². The fraction of sp³-hybridized carbons (Fsp3) is 0.182. The first-order chi connectivity index (χ1) is 12.8. The van der Waals surface area contributed by atoms with E-state index in [0.29, 0.717) is 12.2 Å². The Morgan fingerprint density at radius 1 is 0.885 bits per heavy atom. The van der Waals surface area contributed by atoms with Crippen molar-refractivity contribution < 1.29 is 4.79 Å². The minimum Gasteiger partial charge on any atom is -0.385 e. The third-order valence-electron chi connectivity index (χ3n) is 4.10. The highest BCUT2D eigenvalue weighted by Gasteiger charge is 2.07. The summed E-state index contributed by atoms with van der Waals surface area (Å²) in [7, 11) is 0. The minimum atomic E-state index is -0.165. The number of nitrogens with one attached hydrogen (secondary N) is 2. The largest absolute Gasteiger partial charge is 0.385 e. The molecule has 4 nitrogen and oxygen atoms in total. The van der Waals surface area contributed by atoms with Gasteiger partial charge in [-0.05, 0) is 36.1 Å². The van der Waals surface area contributed by atoms with Crippen LogP contribution in [-0.4, -0.2) is 17.4 Å². The molecule has 0 unspecified atom stereocenters. The fourth-order valence-electron chi connectivity index (χ4n) is 2.70. The van der Waals surface area contributed by atoms with Crippen LogP contribution >= 0.6 is 0 Å². The number of pyridine rings is 1. The Labute approximate surface area is 154 Å². The summed E-state index contributed by atoms with van der Waals surface area (Å²) in [6.45, 7) is 1.35. The molecule has 0 saturated heterocycles. The Morgan fingerprint density at radius 3 is 2.31 bits per heavy atom. The Morgan fingerprint density at radius 2 is 1.58 bits per heavy atom. The van der Waals surface area contributed by atoms with Gasteiger partial charge in [0.15, 0.2) is 0 Å². The molecule has 132 valence electrons. The molecule has 26 heavy (non-hydrogen) atoms. The molecule has 0 aliphatic heterocycles. The number of carbonyl (C=O) groups excluding carboxylic acids is 1. The van der Waals surface area contributed by atoms with Crippen molar-refractivity contribution in [2.75, 3.05) is 11.9 Å². The summed E-state index contributed by atoms with van der Waals surface area (Å²) < 4.78 is 0. The van der Waals surface area contributed by atoms with Crippen LogP contribution in [0.1, 0.15) is 28.0 Å². The molecule has 0 aliphatic carbocycles. The van der Waals surface area contributed by atoms with E-state index in [9.17, 15) is 4.79 Å². The zero-order valence-corrected chi connectivity index (χ0v) is 14.7. The maximum absolute atomic E-state index is 12.3. The summed E-state index contributed by atoms with van der Waals surface area (Å²) in [5.74, 6) is -0.165. The van der Waals surface area contributed by atoms with Gasteiger partial charge in [0.05, 0.1) is 0 Å². The van der Waals surface area contributed by atoms with Crippen molar-refractivity contribution in [1.82, 2.24) is 10.3 Å². The second-order valence-electron chi connectivity index (χ2n) is 6.11. The number of hydrogen-bond acceptors (Lipinski definition) is 3. The number of hydrogen-bond donors (Lipinski definition) is 2. The monoisotopic (exact) mass is 345 g/mol. The van der Waals surface area contributed by atoms with E-state index in [1.165, 1.54) is 5.56 Å². The highest BCUT2D eigenvalue weighted by Crippen LogP contribution is 2.09. The molecule has 0 fully saturated rings. The van der Waals surface area contributed by atoms with E-state index >= 15 is 0 Å². The number of rotatable bonds is 8. The van der Waals surface area contributed by atoms with E-state index in [1.54, 1.807) is 12.3 Å². The quantitative estimate of drug-likeness (QED) is 0.606. The molecule has 2 N–H and O–H groups in total. The maximum atomic E-state index is 12.3. The van der Waals surface area contributed by atoms with Gasteiger partial charge in [-0.25, -0.2) is 0 Å². The predicted molar refractivity (Wildman–Crippen MR) is 105 cm³/mol. The van der Waals surface area contributed by atoms with Crippen LogP contribution in [0.25, 0.3) is 0 Å². The van der Waals surface area contributed by atoms with Gasteiger partial charge in [-0.3, -0.25) is 9.78 Å². The molecule has 4 heteroatoms. The molecule has 0 atom stereocenters. The minimum absolute atomic E-state index is 0.165. The first-order valence-electron chi connectivity index (χ1n) is 8.87. The molecule has 3 aromatic rings. The molecule has 1 heterocycles. The van der Waals surface area contributed by atoms with Crippen molar-refractivity contribution in [2.24, 2.45) is 0 Å². The summed E-state index contributed by atoms with van der Waals surface area (Å²) in [6, 6.07) is 24.0. The Kier molecular flexibility index (Phi) is 6.37. The Bertz CT molecular complexity index is 819. The van der Waals surface area contributed by atoms with Gasteiger partial charge in [-0.1, -0.05) is 60.7 Å². The number of nitrogens with zero attached hydrogens (tertiary/aromatic N) is 1. The maximum Gasteiger partial charge on any atom is 0.270 e. The lowest BCUT2D eigenvalue weighted by atomic mass is 10.1. The van der Waals surface area contributed by atoms with Crippen LogP contribution in [0.15, 0.2) is 79.0 Å². The lowest BCUT2D eigenvalue weighted by Crippen LogP contribution is -2.23. The van der Waals surface area contributed by atoms with Crippen LogP contribution in [-0.2, 0) is 13.0 Å². The van der Waals surface area contributed by atoms with E-state index in [-0.39, 0.29) is 5.91 Å². The summed E-state index contributed by atoms with van der Waals surface area (Å²) in [6.07, 6.45) is 3.72. The Hall–Kier alpha value is -3.14. The van der Waals surface area contributed by atoms with Gasteiger partial charge in [-0.15, -0.1) is 0 Å². The molecule has 0 radical (unpaired) electrons. The number of benzene rings is 2. The van der Waals surface area contributed by atoms with Gasteiger partial charge in [0.25, 0.3) is 5.91 Å². The Balaban J connectivity index is 1.47. The summed E-state index contributed by atoms with van der Waals surface area (Å²) in [5, 5.41) is 6.27. The fourth-order valence-corrected chi connectivity index (χ4v) is 2.70. The van der Waals surface area contributed by atoms with E-state index in [0.717, 1.165) is 30.6 Å². The molecule has 0 spiro atoms. The average Bonchev–Trinajstić information content (AvgIpc) is 2.71. The third kappa shape index (κ3) is 5.45. The number of carbonyl (C=O) groups is 1. The van der Waals surface area contributed by atoms with Gasteiger partial charge in [0, 0.05) is 25.0 Å². The standard InChI is InChI=1S/C22H23N3O/c26-22(25-17-19-10-5-2-6-11-19)21-16-20(13-15-24-21)23-14-7-12-18-8-3-1-4-9-18/h1-6,8-11,13,15-16H,7,12,14,17H2,(H,23,24)(H,25,26). The predicted octanol–water partition coefficient (Wildman–Crippen LogP) is 4.06. The normalized spacial score (nSPS) is 10.3. The van der Waals surface area contributed by atoms with Gasteiger partial charge in [0.2, 0.25) is 0 Å². The van der Waals surface area contributed by atoms with Gasteiger partial charge >= 0.3 is 0 Å². The van der Waals surface area contributed by atoms with Crippen molar-refractivity contribution in [3.8, 4) is 0 Å². The smallest absolute Gasteiger partial charge is 0.270 e. The number of aryl methyl sites for hydroxylation is 1. The van der Waals surface area contributed by atoms with Gasteiger partial charge < -0.3 is 10.6 Å². The third-order valence-corrected chi connectivity index (χ3v) is 4.10. The molecule has 1 aromatic heterocycles. The molecule has 0 saturated carbocycles. The van der Waals surface area contributed by atoms with Crippen LogP contribution in [0.4, 0.5) is 5.69 Å². The summed E-state index contributed by atoms with van der Waals surface area (Å²) >= 11 is 0. The van der Waals surface area contributed by atoms with E-state index in [1.807, 2.05) is 42.5 Å². The average molecular weight is 345 g/mol. The van der Waals surface area contributed by atoms with Gasteiger partial charge in [-0.2, -0.15) is 0 Å². The first-order valence-corrected chi connectivity index (χ1v) is 8.87. The zero-order chi connectivity index (χ0) is 18.0. The number of anilines is 1. The topological polar surface area (TPSA) is 54.0 Å². The van der Waals surface area contributed by atoms with Crippen molar-refractivity contribution >= 4 is 11.6 Å². The number of amides is 1. The van der Waals surface area contributed by atoms with E-state index in [2.05, 4.69) is 39.9 Å². The first kappa shape index (κ1) is 17.7. The second kappa shape index (κ2) is 9.37. The van der Waals surface area contributed by atoms with Crippen molar-refractivity contribution in [1.29, 1.82) is 0 Å². The molecule has 3 rings (SSSR count). The summed E-state index contributed by atoms with van der Waals surface area (Å²) in [5.41, 5.74) is 3.74.